The SMILES string of the molecule is Cc1cccc(C)c1C(=O)Cc1ccc(F)cc1Cl. The third-order valence-corrected chi connectivity index (χ3v) is 3.48. The predicted octanol–water partition coefficient (Wildman–Crippen LogP) is 4.52. The molecule has 0 saturated heterocycles. The zero-order valence-electron chi connectivity index (χ0n) is 10.8. The third kappa shape index (κ3) is 3.02. The number of rotatable bonds is 3. The van der Waals surface area contributed by atoms with Crippen molar-refractivity contribution in [2.45, 2.75) is 20.3 Å². The molecule has 19 heavy (non-hydrogen) atoms. The Morgan fingerprint density at radius 1 is 1.16 bits per heavy atom. The van der Waals surface area contributed by atoms with Gasteiger partial charge in [0.15, 0.2) is 5.78 Å². The van der Waals surface area contributed by atoms with E-state index in [2.05, 4.69) is 0 Å². The molecule has 0 aliphatic carbocycles. The quantitative estimate of drug-likeness (QED) is 0.753. The van der Waals surface area contributed by atoms with Gasteiger partial charge < -0.3 is 0 Å². The maximum Gasteiger partial charge on any atom is 0.167 e. The highest BCUT2D eigenvalue weighted by Crippen LogP contribution is 2.21. The van der Waals surface area contributed by atoms with Gasteiger partial charge in [0.25, 0.3) is 0 Å². The molecule has 0 N–H and O–H groups in total. The molecular weight excluding hydrogens is 263 g/mol. The average Bonchev–Trinajstić information content (AvgIpc) is 2.32. The fourth-order valence-corrected chi connectivity index (χ4v) is 2.41. The summed E-state index contributed by atoms with van der Waals surface area (Å²) >= 11 is 5.95. The molecule has 0 aliphatic heterocycles. The van der Waals surface area contributed by atoms with E-state index in [1.807, 2.05) is 32.0 Å². The number of carbonyl (C=O) groups excluding carboxylic acids is 1. The third-order valence-electron chi connectivity index (χ3n) is 3.13. The van der Waals surface area contributed by atoms with Crippen molar-refractivity contribution in [3.05, 3.63) is 69.5 Å². The minimum Gasteiger partial charge on any atom is -0.294 e. The van der Waals surface area contributed by atoms with E-state index in [9.17, 15) is 9.18 Å². The highest BCUT2D eigenvalue weighted by Gasteiger charge is 2.14. The van der Waals surface area contributed by atoms with Gasteiger partial charge in [-0.25, -0.2) is 4.39 Å². The van der Waals surface area contributed by atoms with Crippen LogP contribution >= 0.6 is 11.6 Å². The predicted molar refractivity (Wildman–Crippen MR) is 75.4 cm³/mol. The van der Waals surface area contributed by atoms with Crippen molar-refractivity contribution in [3.63, 3.8) is 0 Å². The Bertz CT molecular complexity index is 614. The lowest BCUT2D eigenvalue weighted by Crippen LogP contribution is -2.08. The molecular formula is C16H14ClFO. The van der Waals surface area contributed by atoms with Crippen LogP contribution < -0.4 is 0 Å². The highest BCUT2D eigenvalue weighted by atomic mass is 35.5. The van der Waals surface area contributed by atoms with Gasteiger partial charge in [-0.05, 0) is 42.7 Å². The van der Waals surface area contributed by atoms with Crippen LogP contribution in [0, 0.1) is 19.7 Å². The lowest BCUT2D eigenvalue weighted by molar-refractivity contribution is 0.0992. The van der Waals surface area contributed by atoms with E-state index in [0.29, 0.717) is 10.6 Å². The molecule has 0 aliphatic rings. The molecule has 0 saturated carbocycles. The van der Waals surface area contributed by atoms with Gasteiger partial charge in [-0.2, -0.15) is 0 Å². The highest BCUT2D eigenvalue weighted by molar-refractivity contribution is 6.31. The molecule has 98 valence electrons. The average molecular weight is 277 g/mol. The van der Waals surface area contributed by atoms with Gasteiger partial charge in [0, 0.05) is 17.0 Å². The van der Waals surface area contributed by atoms with Gasteiger partial charge >= 0.3 is 0 Å². The number of hydrogen-bond acceptors (Lipinski definition) is 1. The molecule has 2 rings (SSSR count). The van der Waals surface area contributed by atoms with Crippen molar-refractivity contribution >= 4 is 17.4 Å². The second kappa shape index (κ2) is 5.54. The van der Waals surface area contributed by atoms with Crippen molar-refractivity contribution < 1.29 is 9.18 Å². The zero-order chi connectivity index (χ0) is 14.0. The van der Waals surface area contributed by atoms with E-state index in [0.717, 1.165) is 16.7 Å². The second-order valence-corrected chi connectivity index (χ2v) is 5.01. The number of hydrogen-bond donors (Lipinski definition) is 0. The Hall–Kier alpha value is -1.67. The fourth-order valence-electron chi connectivity index (χ4n) is 2.18. The molecule has 2 aromatic rings. The molecule has 0 bridgehead atoms. The molecule has 3 heteroatoms. The number of Topliss-reactive ketones (excluding diaryl/α,β-unsaturated/α-hetero) is 1. The Kier molecular flexibility index (Phi) is 4.01. The summed E-state index contributed by atoms with van der Waals surface area (Å²) in [5.74, 6) is -0.391. The first-order chi connectivity index (χ1) is 8.99. The van der Waals surface area contributed by atoms with Gasteiger partial charge in [-0.15, -0.1) is 0 Å². The fraction of sp³-hybridized carbons (Fsp3) is 0.188. The molecule has 0 spiro atoms. The van der Waals surface area contributed by atoms with Crippen LogP contribution in [0.2, 0.25) is 5.02 Å². The van der Waals surface area contributed by atoms with Crippen LogP contribution in [-0.4, -0.2) is 5.78 Å². The summed E-state index contributed by atoms with van der Waals surface area (Å²) in [7, 11) is 0. The standard InChI is InChI=1S/C16H14ClFO/c1-10-4-3-5-11(2)16(10)15(19)8-12-6-7-13(18)9-14(12)17/h3-7,9H,8H2,1-2H3. The molecule has 0 aromatic heterocycles. The Balaban J connectivity index is 2.31. The van der Waals surface area contributed by atoms with Gasteiger partial charge in [-0.1, -0.05) is 35.9 Å². The van der Waals surface area contributed by atoms with Crippen molar-refractivity contribution in [2.75, 3.05) is 0 Å². The molecule has 1 nitrogen and oxygen atoms in total. The van der Waals surface area contributed by atoms with Crippen molar-refractivity contribution in [1.29, 1.82) is 0 Å². The minimum atomic E-state index is -0.395. The van der Waals surface area contributed by atoms with Crippen molar-refractivity contribution in [2.24, 2.45) is 0 Å². The van der Waals surface area contributed by atoms with Crippen molar-refractivity contribution in [1.82, 2.24) is 0 Å². The van der Waals surface area contributed by atoms with E-state index in [-0.39, 0.29) is 12.2 Å². The van der Waals surface area contributed by atoms with Crippen LogP contribution in [0.4, 0.5) is 4.39 Å². The Labute approximate surface area is 117 Å². The van der Waals surface area contributed by atoms with Crippen LogP contribution in [0.1, 0.15) is 27.0 Å². The maximum atomic E-state index is 13.0. The number of halogens is 2. The normalized spacial score (nSPS) is 10.5. The van der Waals surface area contributed by atoms with Gasteiger partial charge in [-0.3, -0.25) is 4.79 Å². The van der Waals surface area contributed by atoms with Crippen LogP contribution in [-0.2, 0) is 6.42 Å². The molecule has 0 fully saturated rings. The summed E-state index contributed by atoms with van der Waals surface area (Å²) in [6.07, 6.45) is 0.185. The molecule has 0 amide bonds. The second-order valence-electron chi connectivity index (χ2n) is 4.60. The van der Waals surface area contributed by atoms with E-state index < -0.39 is 5.82 Å². The zero-order valence-corrected chi connectivity index (χ0v) is 11.6. The summed E-state index contributed by atoms with van der Waals surface area (Å²) in [6.45, 7) is 3.82. The first kappa shape index (κ1) is 13.8. The molecule has 0 heterocycles. The Morgan fingerprint density at radius 2 is 1.79 bits per heavy atom. The number of benzene rings is 2. The van der Waals surface area contributed by atoms with Gasteiger partial charge in [0.1, 0.15) is 5.82 Å². The van der Waals surface area contributed by atoms with Gasteiger partial charge in [0.05, 0.1) is 0 Å². The minimum absolute atomic E-state index is 0.00380. The molecule has 2 aromatic carbocycles. The summed E-state index contributed by atoms with van der Waals surface area (Å²) in [5.41, 5.74) is 3.27. The summed E-state index contributed by atoms with van der Waals surface area (Å²) in [4.78, 5) is 12.3. The lowest BCUT2D eigenvalue weighted by atomic mass is 9.95. The molecule has 0 atom stereocenters. The summed E-state index contributed by atoms with van der Waals surface area (Å²) in [6, 6.07) is 9.85. The van der Waals surface area contributed by atoms with Crippen LogP contribution in [0.25, 0.3) is 0 Å². The number of ketones is 1. The van der Waals surface area contributed by atoms with Gasteiger partial charge in [0.2, 0.25) is 0 Å². The largest absolute Gasteiger partial charge is 0.294 e. The van der Waals surface area contributed by atoms with E-state index in [4.69, 9.17) is 11.6 Å². The van der Waals surface area contributed by atoms with Crippen LogP contribution in [0.5, 0.6) is 0 Å². The monoisotopic (exact) mass is 276 g/mol. The topological polar surface area (TPSA) is 17.1 Å². The van der Waals surface area contributed by atoms with E-state index in [1.54, 1.807) is 6.07 Å². The maximum absolute atomic E-state index is 13.0. The van der Waals surface area contributed by atoms with E-state index in [1.165, 1.54) is 12.1 Å². The number of carbonyl (C=O) groups is 1. The number of aryl methyl sites for hydroxylation is 2. The molecule has 0 radical (unpaired) electrons. The van der Waals surface area contributed by atoms with Crippen LogP contribution in [0.3, 0.4) is 0 Å². The summed E-state index contributed by atoms with van der Waals surface area (Å²) < 4.78 is 13.0. The first-order valence-corrected chi connectivity index (χ1v) is 6.40. The smallest absolute Gasteiger partial charge is 0.167 e. The first-order valence-electron chi connectivity index (χ1n) is 6.02. The van der Waals surface area contributed by atoms with Crippen LogP contribution in [0.15, 0.2) is 36.4 Å². The lowest BCUT2D eigenvalue weighted by Gasteiger charge is -2.09. The summed E-state index contributed by atoms with van der Waals surface area (Å²) in [5, 5.41) is 0.291. The van der Waals surface area contributed by atoms with Crippen molar-refractivity contribution in [3.8, 4) is 0 Å². The molecule has 0 unspecified atom stereocenters. The Morgan fingerprint density at radius 3 is 2.37 bits per heavy atom. The van der Waals surface area contributed by atoms with E-state index >= 15 is 0 Å².